The van der Waals surface area contributed by atoms with E-state index in [2.05, 4.69) is 10.2 Å². The Labute approximate surface area is 200 Å². The summed E-state index contributed by atoms with van der Waals surface area (Å²) in [5, 5.41) is 3.02. The minimum Gasteiger partial charge on any atom is -0.336 e. The third-order valence-corrected chi connectivity index (χ3v) is 6.20. The molecule has 0 aliphatic carbocycles. The van der Waals surface area contributed by atoms with Gasteiger partial charge < -0.3 is 10.2 Å². The highest BCUT2D eigenvalue weighted by Gasteiger charge is 2.24. The first-order valence-corrected chi connectivity index (χ1v) is 11.5. The lowest BCUT2D eigenvalue weighted by atomic mass is 10.0. The van der Waals surface area contributed by atoms with Crippen molar-refractivity contribution in [1.29, 1.82) is 0 Å². The van der Waals surface area contributed by atoms with Gasteiger partial charge in [-0.05, 0) is 37.1 Å². The Kier molecular flexibility index (Phi) is 7.18. The topological polar surface area (TPSA) is 69.7 Å². The third kappa shape index (κ3) is 5.41. The van der Waals surface area contributed by atoms with Crippen molar-refractivity contribution in [2.45, 2.75) is 13.8 Å². The summed E-state index contributed by atoms with van der Waals surface area (Å²) in [5.41, 5.74) is 4.70. The van der Waals surface area contributed by atoms with E-state index in [0.29, 0.717) is 49.4 Å². The molecule has 0 saturated carbocycles. The molecule has 0 bridgehead atoms. The molecule has 1 aliphatic rings. The molecule has 174 valence electrons. The monoisotopic (exact) mass is 455 g/mol. The van der Waals surface area contributed by atoms with Gasteiger partial charge in [0.2, 0.25) is 5.91 Å². The predicted octanol–water partition coefficient (Wildman–Crippen LogP) is 3.93. The normalized spacial score (nSPS) is 14.0. The fourth-order valence-electron chi connectivity index (χ4n) is 4.21. The number of amides is 2. The maximum absolute atomic E-state index is 12.9. The molecular weight excluding hydrogens is 426 g/mol. The number of carbonyl (C=O) groups excluding carboxylic acids is 3. The van der Waals surface area contributed by atoms with Crippen LogP contribution in [0, 0.1) is 13.8 Å². The molecule has 1 aliphatic heterocycles. The van der Waals surface area contributed by atoms with Crippen molar-refractivity contribution in [3.63, 3.8) is 0 Å². The minimum atomic E-state index is -0.0626. The lowest BCUT2D eigenvalue weighted by molar-refractivity contribution is -0.117. The number of ketones is 1. The minimum absolute atomic E-state index is 0.0455. The molecule has 0 radical (unpaired) electrons. The number of rotatable bonds is 6. The summed E-state index contributed by atoms with van der Waals surface area (Å²) in [5.74, 6) is -0.165. The molecule has 0 unspecified atom stereocenters. The van der Waals surface area contributed by atoms with Gasteiger partial charge in [-0.1, -0.05) is 60.7 Å². The van der Waals surface area contributed by atoms with Crippen LogP contribution in [0.3, 0.4) is 0 Å². The van der Waals surface area contributed by atoms with E-state index in [1.807, 2.05) is 50.2 Å². The van der Waals surface area contributed by atoms with Gasteiger partial charge in [0.25, 0.3) is 5.91 Å². The maximum atomic E-state index is 12.9. The van der Waals surface area contributed by atoms with Crippen LogP contribution in [-0.2, 0) is 4.79 Å². The second-order valence-electron chi connectivity index (χ2n) is 8.66. The van der Waals surface area contributed by atoms with E-state index in [1.54, 1.807) is 41.3 Å². The van der Waals surface area contributed by atoms with E-state index in [0.717, 1.165) is 16.8 Å². The summed E-state index contributed by atoms with van der Waals surface area (Å²) >= 11 is 0. The van der Waals surface area contributed by atoms with Gasteiger partial charge >= 0.3 is 0 Å². The van der Waals surface area contributed by atoms with Gasteiger partial charge in [0.1, 0.15) is 0 Å². The van der Waals surface area contributed by atoms with Crippen LogP contribution in [0.2, 0.25) is 0 Å². The Bertz CT molecular complexity index is 1160. The number of carbonyl (C=O) groups is 3. The van der Waals surface area contributed by atoms with E-state index in [9.17, 15) is 14.4 Å². The van der Waals surface area contributed by atoms with Crippen LogP contribution in [0.4, 0.5) is 5.69 Å². The van der Waals surface area contributed by atoms with Crippen molar-refractivity contribution in [1.82, 2.24) is 9.80 Å². The summed E-state index contributed by atoms with van der Waals surface area (Å²) in [6, 6.07) is 21.9. The second kappa shape index (κ2) is 10.4. The molecule has 6 nitrogen and oxygen atoms in total. The zero-order valence-electron chi connectivity index (χ0n) is 19.6. The largest absolute Gasteiger partial charge is 0.336 e. The molecule has 6 heteroatoms. The lowest BCUT2D eigenvalue weighted by Gasteiger charge is -2.34. The first-order chi connectivity index (χ1) is 16.4. The Hall–Kier alpha value is -3.77. The van der Waals surface area contributed by atoms with Gasteiger partial charge in [0.05, 0.1) is 6.54 Å². The van der Waals surface area contributed by atoms with Crippen LogP contribution in [0.15, 0.2) is 72.8 Å². The smallest absolute Gasteiger partial charge is 0.253 e. The summed E-state index contributed by atoms with van der Waals surface area (Å²) in [7, 11) is 0. The van der Waals surface area contributed by atoms with Gasteiger partial charge in [-0.2, -0.15) is 0 Å². The number of anilines is 1. The van der Waals surface area contributed by atoms with Crippen LogP contribution in [0.25, 0.3) is 0 Å². The summed E-state index contributed by atoms with van der Waals surface area (Å²) in [6.07, 6.45) is 0. The number of aryl methyl sites for hydroxylation is 2. The molecule has 1 heterocycles. The molecule has 1 N–H and O–H groups in total. The first-order valence-electron chi connectivity index (χ1n) is 11.5. The average Bonchev–Trinajstić information content (AvgIpc) is 2.86. The van der Waals surface area contributed by atoms with Crippen molar-refractivity contribution in [3.05, 3.63) is 101 Å². The molecule has 4 rings (SSSR count). The fraction of sp³-hybridized carbons (Fsp3) is 0.250. The molecule has 0 atom stereocenters. The fourth-order valence-corrected chi connectivity index (χ4v) is 4.21. The molecule has 2 amide bonds. The number of para-hydroxylation sites is 1. The zero-order chi connectivity index (χ0) is 24.1. The first kappa shape index (κ1) is 23.4. The highest BCUT2D eigenvalue weighted by atomic mass is 16.2. The molecule has 1 saturated heterocycles. The Balaban J connectivity index is 1.29. The number of hydrogen-bond donors (Lipinski definition) is 1. The Morgan fingerprint density at radius 2 is 1.26 bits per heavy atom. The van der Waals surface area contributed by atoms with E-state index in [1.165, 1.54) is 0 Å². The number of nitrogens with zero attached hydrogens (tertiary/aromatic N) is 2. The quantitative estimate of drug-likeness (QED) is 0.572. The third-order valence-electron chi connectivity index (χ3n) is 6.20. The van der Waals surface area contributed by atoms with Crippen LogP contribution in [-0.4, -0.2) is 60.1 Å². The molecule has 0 aromatic heterocycles. The van der Waals surface area contributed by atoms with Crippen LogP contribution < -0.4 is 5.32 Å². The zero-order valence-corrected chi connectivity index (χ0v) is 19.6. The number of piperazine rings is 1. The lowest BCUT2D eigenvalue weighted by Crippen LogP contribution is -2.50. The Morgan fingerprint density at radius 3 is 1.88 bits per heavy atom. The molecule has 3 aromatic carbocycles. The highest BCUT2D eigenvalue weighted by Crippen LogP contribution is 2.19. The van der Waals surface area contributed by atoms with E-state index in [4.69, 9.17) is 0 Å². The number of hydrogen-bond acceptors (Lipinski definition) is 4. The van der Waals surface area contributed by atoms with E-state index < -0.39 is 0 Å². The molecule has 34 heavy (non-hydrogen) atoms. The van der Waals surface area contributed by atoms with Crippen molar-refractivity contribution in [2.75, 3.05) is 38.0 Å². The van der Waals surface area contributed by atoms with Crippen molar-refractivity contribution < 1.29 is 14.4 Å². The highest BCUT2D eigenvalue weighted by molar-refractivity contribution is 6.09. The van der Waals surface area contributed by atoms with Gasteiger partial charge in [-0.25, -0.2) is 0 Å². The summed E-state index contributed by atoms with van der Waals surface area (Å²) in [6.45, 7) is 6.65. The van der Waals surface area contributed by atoms with E-state index >= 15 is 0 Å². The van der Waals surface area contributed by atoms with Gasteiger partial charge in [0.15, 0.2) is 5.78 Å². The van der Waals surface area contributed by atoms with Crippen molar-refractivity contribution in [3.8, 4) is 0 Å². The summed E-state index contributed by atoms with van der Waals surface area (Å²) < 4.78 is 0. The summed E-state index contributed by atoms with van der Waals surface area (Å²) in [4.78, 5) is 41.9. The van der Waals surface area contributed by atoms with E-state index in [-0.39, 0.29) is 17.6 Å². The van der Waals surface area contributed by atoms with Crippen LogP contribution in [0.1, 0.15) is 37.4 Å². The van der Waals surface area contributed by atoms with Crippen molar-refractivity contribution >= 4 is 23.3 Å². The number of benzene rings is 3. The maximum Gasteiger partial charge on any atom is 0.253 e. The molecule has 1 fully saturated rings. The predicted molar refractivity (Wildman–Crippen MR) is 133 cm³/mol. The molecule has 0 spiro atoms. The van der Waals surface area contributed by atoms with Crippen LogP contribution in [0.5, 0.6) is 0 Å². The molecular formula is C28H29N3O3. The van der Waals surface area contributed by atoms with Crippen molar-refractivity contribution in [2.24, 2.45) is 0 Å². The standard InChI is InChI=1S/C28H29N3O3/c1-20-7-6-8-21(2)26(20)29-25(32)19-30-15-17-31(18-16-30)28(34)24-13-11-23(12-14-24)27(33)22-9-4-3-5-10-22/h3-14H,15-19H2,1-2H3,(H,29,32). The molecule has 3 aromatic rings. The van der Waals surface area contributed by atoms with Crippen LogP contribution >= 0.6 is 0 Å². The van der Waals surface area contributed by atoms with Gasteiger partial charge in [-0.15, -0.1) is 0 Å². The average molecular weight is 456 g/mol. The van der Waals surface area contributed by atoms with Gasteiger partial charge in [-0.3, -0.25) is 19.3 Å². The SMILES string of the molecule is Cc1cccc(C)c1NC(=O)CN1CCN(C(=O)c2ccc(C(=O)c3ccccc3)cc2)CC1. The second-order valence-corrected chi connectivity index (χ2v) is 8.66. The Morgan fingerprint density at radius 1 is 0.706 bits per heavy atom. The van der Waals surface area contributed by atoms with Gasteiger partial charge in [0, 0.05) is 48.6 Å². The number of nitrogens with one attached hydrogen (secondary N) is 1.